The van der Waals surface area contributed by atoms with E-state index >= 15 is 0 Å². The fourth-order valence-corrected chi connectivity index (χ4v) is 2.09. The second kappa shape index (κ2) is 3.92. The molecule has 1 aromatic carbocycles. The largest absolute Gasteiger partial charge is 0.311 e. The van der Waals surface area contributed by atoms with E-state index in [4.69, 9.17) is 0 Å². The van der Waals surface area contributed by atoms with Crippen molar-refractivity contribution >= 4 is 0 Å². The average molecular weight is 235 g/mol. The van der Waals surface area contributed by atoms with E-state index in [0.29, 0.717) is 5.69 Å². The van der Waals surface area contributed by atoms with Crippen LogP contribution in [0.25, 0.3) is 5.69 Å². The van der Waals surface area contributed by atoms with Crippen molar-refractivity contribution in [2.24, 2.45) is 0 Å². The highest BCUT2D eigenvalue weighted by Crippen LogP contribution is 2.19. The van der Waals surface area contributed by atoms with Gasteiger partial charge in [0.1, 0.15) is 0 Å². The second-order valence-corrected chi connectivity index (χ2v) is 4.03. The van der Waals surface area contributed by atoms with E-state index in [1.807, 2.05) is 4.57 Å². The van der Waals surface area contributed by atoms with Crippen molar-refractivity contribution in [3.63, 3.8) is 0 Å². The molecule has 88 valence electrons. The van der Waals surface area contributed by atoms with Gasteiger partial charge in [0, 0.05) is 37.0 Å². The monoisotopic (exact) mass is 235 g/mol. The molecule has 1 aliphatic heterocycles. The highest BCUT2D eigenvalue weighted by molar-refractivity contribution is 5.36. The molecular weight excluding hydrogens is 224 g/mol. The summed E-state index contributed by atoms with van der Waals surface area (Å²) in [7, 11) is 0. The van der Waals surface area contributed by atoms with Crippen molar-refractivity contribution in [2.45, 2.75) is 13.0 Å². The molecule has 1 N–H and O–H groups in total. The minimum absolute atomic E-state index is 0.611. The minimum atomic E-state index is -0.834. The van der Waals surface area contributed by atoms with Crippen LogP contribution in [0.2, 0.25) is 0 Å². The summed E-state index contributed by atoms with van der Waals surface area (Å²) >= 11 is 0. The summed E-state index contributed by atoms with van der Waals surface area (Å²) in [5, 5.41) is 3.22. The summed E-state index contributed by atoms with van der Waals surface area (Å²) in [5.41, 5.74) is 2.65. The Bertz CT molecular complexity index is 563. The van der Waals surface area contributed by atoms with Crippen molar-refractivity contribution in [2.75, 3.05) is 6.54 Å². The van der Waals surface area contributed by atoms with Crippen molar-refractivity contribution < 1.29 is 8.78 Å². The number of hydrogen-bond donors (Lipinski definition) is 1. The van der Waals surface area contributed by atoms with E-state index in [2.05, 4.69) is 10.3 Å². The van der Waals surface area contributed by atoms with Gasteiger partial charge >= 0.3 is 0 Å². The van der Waals surface area contributed by atoms with Crippen LogP contribution in [0.5, 0.6) is 0 Å². The zero-order valence-corrected chi connectivity index (χ0v) is 9.08. The topological polar surface area (TPSA) is 29.9 Å². The van der Waals surface area contributed by atoms with Crippen molar-refractivity contribution in [3.8, 4) is 5.69 Å². The molecule has 0 fully saturated rings. The van der Waals surface area contributed by atoms with E-state index in [-0.39, 0.29) is 0 Å². The number of benzene rings is 1. The summed E-state index contributed by atoms with van der Waals surface area (Å²) in [5.74, 6) is -1.66. The first kappa shape index (κ1) is 10.4. The first-order valence-corrected chi connectivity index (χ1v) is 5.47. The molecule has 0 bridgehead atoms. The van der Waals surface area contributed by atoms with Gasteiger partial charge in [0.15, 0.2) is 11.6 Å². The third-order valence-corrected chi connectivity index (χ3v) is 2.97. The average Bonchev–Trinajstić information content (AvgIpc) is 2.76. The molecule has 0 aliphatic carbocycles. The third kappa shape index (κ3) is 1.72. The predicted molar refractivity (Wildman–Crippen MR) is 58.9 cm³/mol. The third-order valence-electron chi connectivity index (χ3n) is 2.97. The SMILES string of the molecule is Fc1ccc(-n2cnc3c2CCNC3)cc1F. The maximum absolute atomic E-state index is 13.2. The van der Waals surface area contributed by atoms with Crippen LogP contribution in [-0.4, -0.2) is 16.1 Å². The van der Waals surface area contributed by atoms with Crippen molar-refractivity contribution in [1.29, 1.82) is 0 Å². The Morgan fingerprint density at radius 2 is 2.12 bits per heavy atom. The molecule has 1 aliphatic rings. The number of aromatic nitrogens is 2. The van der Waals surface area contributed by atoms with Gasteiger partial charge in [-0.15, -0.1) is 0 Å². The molecule has 5 heteroatoms. The molecule has 2 heterocycles. The predicted octanol–water partition coefficient (Wildman–Crippen LogP) is 1.80. The number of halogens is 2. The van der Waals surface area contributed by atoms with E-state index in [0.717, 1.165) is 37.0 Å². The molecule has 17 heavy (non-hydrogen) atoms. The molecule has 2 aromatic rings. The van der Waals surface area contributed by atoms with Crippen LogP contribution in [0.1, 0.15) is 11.4 Å². The van der Waals surface area contributed by atoms with Crippen LogP contribution in [0.3, 0.4) is 0 Å². The van der Waals surface area contributed by atoms with E-state index < -0.39 is 11.6 Å². The Morgan fingerprint density at radius 1 is 1.24 bits per heavy atom. The van der Waals surface area contributed by atoms with Crippen LogP contribution < -0.4 is 5.32 Å². The first-order chi connectivity index (χ1) is 8.25. The minimum Gasteiger partial charge on any atom is -0.311 e. The molecule has 0 unspecified atom stereocenters. The van der Waals surface area contributed by atoms with Crippen LogP contribution >= 0.6 is 0 Å². The van der Waals surface area contributed by atoms with Crippen LogP contribution in [0.4, 0.5) is 8.78 Å². The lowest BCUT2D eigenvalue weighted by Gasteiger charge is -2.15. The fraction of sp³-hybridized carbons (Fsp3) is 0.250. The molecule has 3 nitrogen and oxygen atoms in total. The molecule has 0 radical (unpaired) electrons. The van der Waals surface area contributed by atoms with Crippen LogP contribution in [0, 0.1) is 11.6 Å². The quantitative estimate of drug-likeness (QED) is 0.816. The van der Waals surface area contributed by atoms with Gasteiger partial charge in [-0.05, 0) is 12.1 Å². The lowest BCUT2D eigenvalue weighted by molar-refractivity contribution is 0.507. The smallest absolute Gasteiger partial charge is 0.160 e. The maximum Gasteiger partial charge on any atom is 0.160 e. The molecular formula is C12H11F2N3. The standard InChI is InChI=1S/C12H11F2N3/c13-9-2-1-8(5-10(9)14)17-7-16-11-6-15-4-3-12(11)17/h1-2,5,7,15H,3-4,6H2. The molecule has 0 spiro atoms. The Hall–Kier alpha value is -1.75. The Balaban J connectivity index is 2.09. The van der Waals surface area contributed by atoms with Crippen molar-refractivity contribution in [1.82, 2.24) is 14.9 Å². The number of rotatable bonds is 1. The van der Waals surface area contributed by atoms with Gasteiger partial charge in [0.2, 0.25) is 0 Å². The van der Waals surface area contributed by atoms with Gasteiger partial charge in [0.05, 0.1) is 12.0 Å². The number of nitrogens with one attached hydrogen (secondary N) is 1. The normalized spacial score (nSPS) is 14.7. The zero-order valence-electron chi connectivity index (χ0n) is 9.08. The van der Waals surface area contributed by atoms with Gasteiger partial charge in [0.25, 0.3) is 0 Å². The Labute approximate surface area is 97.1 Å². The van der Waals surface area contributed by atoms with Crippen LogP contribution in [0.15, 0.2) is 24.5 Å². The van der Waals surface area contributed by atoms with E-state index in [1.165, 1.54) is 6.07 Å². The zero-order chi connectivity index (χ0) is 11.8. The lowest BCUT2D eigenvalue weighted by atomic mass is 10.1. The first-order valence-electron chi connectivity index (χ1n) is 5.47. The van der Waals surface area contributed by atoms with Gasteiger partial charge in [-0.2, -0.15) is 0 Å². The molecule has 0 saturated carbocycles. The highest BCUT2D eigenvalue weighted by Gasteiger charge is 2.16. The summed E-state index contributed by atoms with van der Waals surface area (Å²) in [6.07, 6.45) is 2.50. The molecule has 0 amide bonds. The second-order valence-electron chi connectivity index (χ2n) is 4.03. The molecule has 3 rings (SSSR count). The summed E-state index contributed by atoms with van der Waals surface area (Å²) in [6, 6.07) is 3.89. The molecule has 1 aromatic heterocycles. The number of imidazole rings is 1. The van der Waals surface area contributed by atoms with Gasteiger partial charge in [-0.25, -0.2) is 13.8 Å². The van der Waals surface area contributed by atoms with Gasteiger partial charge in [-0.1, -0.05) is 0 Å². The summed E-state index contributed by atoms with van der Waals surface area (Å²) in [4.78, 5) is 4.27. The van der Waals surface area contributed by atoms with Crippen LogP contribution in [-0.2, 0) is 13.0 Å². The lowest BCUT2D eigenvalue weighted by Crippen LogP contribution is -2.24. The van der Waals surface area contributed by atoms with E-state index in [9.17, 15) is 8.78 Å². The summed E-state index contributed by atoms with van der Waals surface area (Å²) < 4.78 is 27.9. The Kier molecular flexibility index (Phi) is 2.40. The molecule has 0 atom stereocenters. The highest BCUT2D eigenvalue weighted by atomic mass is 19.2. The summed E-state index contributed by atoms with van der Waals surface area (Å²) in [6.45, 7) is 1.61. The van der Waals surface area contributed by atoms with Gasteiger partial charge < -0.3 is 9.88 Å². The number of hydrogen-bond acceptors (Lipinski definition) is 2. The van der Waals surface area contributed by atoms with Crippen molar-refractivity contribution in [3.05, 3.63) is 47.5 Å². The molecule has 0 saturated heterocycles. The number of fused-ring (bicyclic) bond motifs is 1. The fourth-order valence-electron chi connectivity index (χ4n) is 2.09. The van der Waals surface area contributed by atoms with Gasteiger partial charge in [-0.3, -0.25) is 0 Å². The number of nitrogens with zero attached hydrogens (tertiary/aromatic N) is 2. The maximum atomic E-state index is 13.2. The van der Waals surface area contributed by atoms with E-state index in [1.54, 1.807) is 12.4 Å². The Morgan fingerprint density at radius 3 is 2.94 bits per heavy atom.